The third kappa shape index (κ3) is 7.37. The number of ether oxygens (including phenoxy) is 5. The Morgan fingerprint density at radius 3 is 1.79 bits per heavy atom. The van der Waals surface area contributed by atoms with E-state index in [1.165, 1.54) is 42.7 Å². The maximum absolute atomic E-state index is 14.4. The highest BCUT2D eigenvalue weighted by Crippen LogP contribution is 2.36. The van der Waals surface area contributed by atoms with Crippen molar-refractivity contribution in [2.24, 2.45) is 0 Å². The summed E-state index contributed by atoms with van der Waals surface area (Å²) in [5.74, 6) is -11.8. The van der Waals surface area contributed by atoms with Crippen LogP contribution in [0.3, 0.4) is 0 Å². The molecule has 0 aliphatic carbocycles. The number of aliphatic hydroxyl groups is 1. The van der Waals surface area contributed by atoms with E-state index < -0.39 is 95.7 Å². The number of hydrogen-bond donors (Lipinski definition) is 1. The van der Waals surface area contributed by atoms with Crippen molar-refractivity contribution < 1.29 is 61.1 Å². The number of esters is 4. The molecule has 5 heterocycles. The lowest BCUT2D eigenvalue weighted by Crippen LogP contribution is -2.51. The van der Waals surface area contributed by atoms with Gasteiger partial charge in [-0.1, -0.05) is 0 Å². The fourth-order valence-electron chi connectivity index (χ4n) is 4.34. The molecule has 4 aromatic heterocycles. The van der Waals surface area contributed by atoms with Crippen molar-refractivity contribution in [1.82, 2.24) is 19.9 Å². The molecule has 14 nitrogen and oxygen atoms in total. The Morgan fingerprint density at radius 1 is 0.723 bits per heavy atom. The molecule has 0 amide bonds. The van der Waals surface area contributed by atoms with E-state index in [1.807, 2.05) is 0 Å². The van der Waals surface area contributed by atoms with Gasteiger partial charge in [0.15, 0.2) is 12.2 Å². The number of carbonyl (C=O) groups excluding carboxylic acids is 4. The van der Waals surface area contributed by atoms with Gasteiger partial charge in [0.05, 0.1) is 5.56 Å². The predicted octanol–water partition coefficient (Wildman–Crippen LogP) is 2.24. The van der Waals surface area contributed by atoms with E-state index in [0.29, 0.717) is 0 Å². The average Bonchev–Trinajstić information content (AvgIpc) is 3.33. The molecule has 0 unspecified atom stereocenters. The number of nitrogens with zero attached hydrogens (tertiary/aromatic N) is 4. The minimum atomic E-state index is -2.92. The number of aromatic nitrogens is 4. The normalized spacial score (nSPS) is 20.2. The highest BCUT2D eigenvalue weighted by atomic mass is 19.1. The van der Waals surface area contributed by atoms with Crippen molar-refractivity contribution in [2.75, 3.05) is 13.2 Å². The summed E-state index contributed by atoms with van der Waals surface area (Å²) in [6, 6.07) is 9.49. The summed E-state index contributed by atoms with van der Waals surface area (Å²) in [4.78, 5) is 65.3. The molecule has 0 radical (unpaired) electrons. The van der Waals surface area contributed by atoms with Gasteiger partial charge in [0, 0.05) is 31.0 Å². The lowest BCUT2D eigenvalue weighted by atomic mass is 10.0. The Kier molecular flexibility index (Phi) is 9.77. The molecule has 17 heteroatoms. The molecule has 1 saturated heterocycles. The largest absolute Gasteiger partial charge is 0.459 e. The quantitative estimate of drug-likeness (QED) is 0.149. The van der Waals surface area contributed by atoms with E-state index in [4.69, 9.17) is 23.7 Å². The number of pyridine rings is 4. The first kappa shape index (κ1) is 32.6. The summed E-state index contributed by atoms with van der Waals surface area (Å²) in [5, 5.41) is 11.6. The van der Waals surface area contributed by atoms with Crippen molar-refractivity contribution in [2.45, 2.75) is 24.1 Å². The summed E-state index contributed by atoms with van der Waals surface area (Å²) in [5.41, 5.74) is -2.05. The Bertz CT molecular complexity index is 1800. The Morgan fingerprint density at radius 2 is 1.26 bits per heavy atom. The molecule has 4 aromatic rings. The van der Waals surface area contributed by atoms with Gasteiger partial charge in [-0.25, -0.2) is 34.1 Å². The van der Waals surface area contributed by atoms with Crippen LogP contribution in [0.15, 0.2) is 79.5 Å². The number of hydrogen-bond acceptors (Lipinski definition) is 14. The number of carbonyl (C=O) groups is 4. The molecule has 5 rings (SSSR count). The highest BCUT2D eigenvalue weighted by Gasteiger charge is 2.60. The lowest BCUT2D eigenvalue weighted by molar-refractivity contribution is -0.247. The molecule has 1 N–H and O–H groups in total. The molecule has 1 aliphatic rings. The third-order valence-corrected chi connectivity index (χ3v) is 6.56. The maximum atomic E-state index is 14.4. The first-order valence-corrected chi connectivity index (χ1v) is 13.5. The van der Waals surface area contributed by atoms with Crippen molar-refractivity contribution in [1.29, 1.82) is 0 Å². The molecule has 1 aliphatic heterocycles. The van der Waals surface area contributed by atoms with Crippen LogP contribution >= 0.6 is 0 Å². The smallest absolute Gasteiger partial charge is 0.343 e. The van der Waals surface area contributed by atoms with Gasteiger partial charge in [-0.2, -0.15) is 13.2 Å². The van der Waals surface area contributed by atoms with E-state index in [1.54, 1.807) is 0 Å². The van der Waals surface area contributed by atoms with Crippen molar-refractivity contribution in [3.05, 3.63) is 120 Å². The summed E-state index contributed by atoms with van der Waals surface area (Å²) in [7, 11) is 0. The van der Waals surface area contributed by atoms with Crippen molar-refractivity contribution in [3.63, 3.8) is 0 Å². The molecule has 4 atom stereocenters. The maximum Gasteiger partial charge on any atom is 0.343 e. The minimum absolute atomic E-state index is 0.00538. The van der Waals surface area contributed by atoms with Crippen LogP contribution in [0.1, 0.15) is 41.4 Å². The lowest BCUT2D eigenvalue weighted by Gasteiger charge is -2.29. The van der Waals surface area contributed by atoms with Crippen LogP contribution in [0.4, 0.5) is 13.2 Å². The van der Waals surface area contributed by atoms with Gasteiger partial charge in [0.2, 0.25) is 23.6 Å². The Labute approximate surface area is 262 Å². The fraction of sp³-hybridized carbons (Fsp3) is 0.200. The van der Waals surface area contributed by atoms with E-state index in [0.717, 1.165) is 36.8 Å². The number of rotatable bonds is 10. The zero-order chi connectivity index (χ0) is 33.6. The summed E-state index contributed by atoms with van der Waals surface area (Å²) < 4.78 is 69.6. The second-order valence-electron chi connectivity index (χ2n) is 9.64. The highest BCUT2D eigenvalue weighted by molar-refractivity contribution is 5.91. The van der Waals surface area contributed by atoms with Crippen molar-refractivity contribution in [3.8, 4) is 0 Å². The van der Waals surface area contributed by atoms with Gasteiger partial charge >= 0.3 is 23.9 Å². The van der Waals surface area contributed by atoms with Crippen molar-refractivity contribution >= 4 is 23.9 Å². The van der Waals surface area contributed by atoms with Gasteiger partial charge < -0.3 is 28.8 Å². The standard InChI is InChI=1S/C30H21F3N4O10/c31-23-17(6-2-10-35-23)27(39)44-15-30(42)22(46-29(41)19-8-4-12-37-25(19)33)21(45-28(40)18-7-3-11-36-24(18)32)20(47-30)14-43-26(38)16-5-1-9-34-13-16/h1-13,20-22,42H,14-15H2/t20-,21-,22+,30-/m1/s1. The SMILES string of the molecule is O=C(OC[C@H]1O[C@](O)(COC(=O)c2cccnc2F)[C@@H](OC(=O)c2cccnc2F)[C@@H]1OC(=O)c1cccnc1F)c1cccnc1. The van der Waals surface area contributed by atoms with Gasteiger partial charge in [-0.15, -0.1) is 0 Å². The predicted molar refractivity (Wildman–Crippen MR) is 146 cm³/mol. The van der Waals surface area contributed by atoms with E-state index in [2.05, 4.69) is 19.9 Å². The summed E-state index contributed by atoms with van der Waals surface area (Å²) in [6.07, 6.45) is -0.0796. The van der Waals surface area contributed by atoms with Crippen LogP contribution in [-0.2, 0) is 23.7 Å². The van der Waals surface area contributed by atoms with Crippen LogP contribution in [-0.4, -0.2) is 86.2 Å². The average molecular weight is 655 g/mol. The summed E-state index contributed by atoms with van der Waals surface area (Å²) >= 11 is 0. The van der Waals surface area contributed by atoms with Crippen LogP contribution in [0.25, 0.3) is 0 Å². The Hall–Kier alpha value is -5.81. The van der Waals surface area contributed by atoms with Gasteiger partial charge in [-0.3, -0.25) is 4.98 Å². The zero-order valence-corrected chi connectivity index (χ0v) is 23.7. The molecule has 1 fully saturated rings. The van der Waals surface area contributed by atoms with Gasteiger partial charge in [0.25, 0.3) is 0 Å². The third-order valence-electron chi connectivity index (χ3n) is 6.56. The molecular formula is C30H21F3N4O10. The van der Waals surface area contributed by atoms with Crippen LogP contribution in [0, 0.1) is 17.8 Å². The van der Waals surface area contributed by atoms with Crippen LogP contribution in [0.2, 0.25) is 0 Å². The van der Waals surface area contributed by atoms with E-state index in [-0.39, 0.29) is 5.56 Å². The van der Waals surface area contributed by atoms with Gasteiger partial charge in [0.1, 0.15) is 36.0 Å². The second kappa shape index (κ2) is 14.1. The van der Waals surface area contributed by atoms with Gasteiger partial charge in [-0.05, 0) is 48.5 Å². The zero-order valence-electron chi connectivity index (χ0n) is 23.7. The molecule has 0 aromatic carbocycles. The minimum Gasteiger partial charge on any atom is -0.459 e. The first-order valence-electron chi connectivity index (χ1n) is 13.5. The topological polar surface area (TPSA) is 186 Å². The first-order chi connectivity index (χ1) is 22.6. The van der Waals surface area contributed by atoms with E-state index >= 15 is 0 Å². The molecule has 47 heavy (non-hydrogen) atoms. The molecule has 0 bridgehead atoms. The van der Waals surface area contributed by atoms with Crippen LogP contribution in [0.5, 0.6) is 0 Å². The molecule has 242 valence electrons. The monoisotopic (exact) mass is 654 g/mol. The fourth-order valence-corrected chi connectivity index (χ4v) is 4.34. The number of halogens is 3. The molecular weight excluding hydrogens is 633 g/mol. The molecule has 0 spiro atoms. The summed E-state index contributed by atoms with van der Waals surface area (Å²) in [6.45, 7) is -2.01. The second-order valence-corrected chi connectivity index (χ2v) is 9.64. The van der Waals surface area contributed by atoms with Crippen LogP contribution < -0.4 is 0 Å². The van der Waals surface area contributed by atoms with E-state index in [9.17, 15) is 37.5 Å². The molecule has 0 saturated carbocycles. The Balaban J connectivity index is 1.48.